The first kappa shape index (κ1) is 14.4. The first-order chi connectivity index (χ1) is 7.88. The molecule has 0 radical (unpaired) electrons. The van der Waals surface area contributed by atoms with Crippen molar-refractivity contribution < 1.29 is 17.9 Å². The van der Waals surface area contributed by atoms with Crippen molar-refractivity contribution in [2.24, 2.45) is 0 Å². The molecule has 0 spiro atoms. The van der Waals surface area contributed by atoms with E-state index >= 15 is 0 Å². The van der Waals surface area contributed by atoms with Crippen LogP contribution in [0.5, 0.6) is 0 Å². The van der Waals surface area contributed by atoms with E-state index in [1.165, 1.54) is 18.6 Å². The molecule has 0 aromatic carbocycles. The van der Waals surface area contributed by atoms with E-state index in [1.54, 1.807) is 0 Å². The molecule has 0 unspecified atom stereocenters. The van der Waals surface area contributed by atoms with Gasteiger partial charge < -0.3 is 4.74 Å². The average molecular weight is 340 g/mol. The molecular formula is C9H10BrNO4S2. The smallest absolute Gasteiger partial charge is 0.349 e. The first-order valence-corrected chi connectivity index (χ1v) is 7.53. The lowest BCUT2D eigenvalue weighted by Gasteiger charge is -2.05. The zero-order chi connectivity index (χ0) is 13.1. The predicted molar refractivity (Wildman–Crippen MR) is 68.9 cm³/mol. The van der Waals surface area contributed by atoms with Gasteiger partial charge in [-0.3, -0.25) is 0 Å². The lowest BCUT2D eigenvalue weighted by atomic mass is 10.5. The highest BCUT2D eigenvalue weighted by Gasteiger charge is 2.24. The molecule has 0 atom stereocenters. The number of hydrogen-bond acceptors (Lipinski definition) is 5. The van der Waals surface area contributed by atoms with Gasteiger partial charge in [-0.05, 0) is 11.4 Å². The van der Waals surface area contributed by atoms with Crippen LogP contribution in [-0.4, -0.2) is 28.0 Å². The van der Waals surface area contributed by atoms with Crippen molar-refractivity contribution in [1.82, 2.24) is 4.72 Å². The number of methoxy groups -OCH3 is 1. The Hall–Kier alpha value is -0.700. The highest BCUT2D eigenvalue weighted by Crippen LogP contribution is 2.22. The lowest BCUT2D eigenvalue weighted by Crippen LogP contribution is -2.25. The van der Waals surface area contributed by atoms with Crippen LogP contribution in [0.3, 0.4) is 0 Å². The summed E-state index contributed by atoms with van der Waals surface area (Å²) in [6.45, 7) is 3.57. The van der Waals surface area contributed by atoms with Gasteiger partial charge in [0.05, 0.1) is 7.11 Å². The third-order valence-electron chi connectivity index (χ3n) is 1.74. The molecule has 17 heavy (non-hydrogen) atoms. The topological polar surface area (TPSA) is 72.5 Å². The maximum atomic E-state index is 11.9. The molecule has 1 aromatic rings. The third kappa shape index (κ3) is 3.63. The van der Waals surface area contributed by atoms with E-state index < -0.39 is 16.0 Å². The van der Waals surface area contributed by atoms with Crippen molar-refractivity contribution in [3.8, 4) is 0 Å². The molecule has 1 N–H and O–H groups in total. The van der Waals surface area contributed by atoms with E-state index in [0.29, 0.717) is 4.48 Å². The number of halogens is 1. The summed E-state index contributed by atoms with van der Waals surface area (Å²) in [7, 11) is -2.53. The molecule has 0 saturated heterocycles. The summed E-state index contributed by atoms with van der Waals surface area (Å²) >= 11 is 4.06. The molecule has 0 aliphatic carbocycles. The van der Waals surface area contributed by atoms with Crippen molar-refractivity contribution >= 4 is 43.3 Å². The Labute approximate surface area is 112 Å². The van der Waals surface area contributed by atoms with Crippen molar-refractivity contribution in [2.45, 2.75) is 4.90 Å². The highest BCUT2D eigenvalue weighted by atomic mass is 79.9. The Balaban J connectivity index is 3.03. The molecule has 0 fully saturated rings. The molecule has 94 valence electrons. The molecule has 5 nitrogen and oxygen atoms in total. The molecule has 0 aliphatic rings. The number of carbonyl (C=O) groups excluding carboxylic acids is 1. The molecule has 1 heterocycles. The summed E-state index contributed by atoms with van der Waals surface area (Å²) in [5.41, 5.74) is 0. The summed E-state index contributed by atoms with van der Waals surface area (Å²) in [6, 6.07) is 1.36. The Morgan fingerprint density at radius 1 is 1.65 bits per heavy atom. The summed E-state index contributed by atoms with van der Waals surface area (Å²) in [5, 5.41) is 1.52. The number of ether oxygens (including phenoxy) is 1. The number of sulfonamides is 1. The van der Waals surface area contributed by atoms with Gasteiger partial charge in [-0.15, -0.1) is 11.3 Å². The number of nitrogens with one attached hydrogen (secondary N) is 1. The molecule has 8 heteroatoms. The van der Waals surface area contributed by atoms with Crippen LogP contribution in [-0.2, 0) is 14.8 Å². The van der Waals surface area contributed by atoms with Crippen molar-refractivity contribution in [3.63, 3.8) is 0 Å². The monoisotopic (exact) mass is 339 g/mol. The fourth-order valence-corrected chi connectivity index (χ4v) is 3.69. The second-order valence-electron chi connectivity index (χ2n) is 2.95. The fourth-order valence-electron chi connectivity index (χ4n) is 1.00. The third-order valence-corrected chi connectivity index (χ3v) is 4.49. The second-order valence-corrected chi connectivity index (χ2v) is 6.72. The molecule has 0 amide bonds. The van der Waals surface area contributed by atoms with Gasteiger partial charge in [-0.1, -0.05) is 22.5 Å². The highest BCUT2D eigenvalue weighted by molar-refractivity contribution is 9.11. The average Bonchev–Trinajstić information content (AvgIpc) is 2.75. The van der Waals surface area contributed by atoms with Gasteiger partial charge in [-0.2, -0.15) is 0 Å². The standard InChI is InChI=1S/C9H10BrNO4S2/c1-6(10)5-11-17(13,14)7-3-4-16-8(7)9(12)15-2/h3-4,11H,1,5H2,2H3. The van der Waals surface area contributed by atoms with E-state index in [2.05, 4.69) is 32.0 Å². The second kappa shape index (κ2) is 5.76. The van der Waals surface area contributed by atoms with E-state index in [9.17, 15) is 13.2 Å². The van der Waals surface area contributed by atoms with Crippen molar-refractivity contribution in [1.29, 1.82) is 0 Å². The zero-order valence-corrected chi connectivity index (χ0v) is 12.1. The van der Waals surface area contributed by atoms with Crippen LogP contribution in [0.1, 0.15) is 9.67 Å². The SMILES string of the molecule is C=C(Br)CNS(=O)(=O)c1ccsc1C(=O)OC. The Morgan fingerprint density at radius 2 is 2.29 bits per heavy atom. The van der Waals surface area contributed by atoms with Crippen LogP contribution in [0.25, 0.3) is 0 Å². The van der Waals surface area contributed by atoms with E-state index in [1.807, 2.05) is 0 Å². The largest absolute Gasteiger partial charge is 0.465 e. The van der Waals surface area contributed by atoms with Gasteiger partial charge in [0, 0.05) is 11.0 Å². The van der Waals surface area contributed by atoms with Gasteiger partial charge in [0.1, 0.15) is 9.77 Å². The first-order valence-electron chi connectivity index (χ1n) is 4.37. The van der Waals surface area contributed by atoms with Crippen LogP contribution >= 0.6 is 27.3 Å². The van der Waals surface area contributed by atoms with E-state index in [-0.39, 0.29) is 16.3 Å². The fraction of sp³-hybridized carbons (Fsp3) is 0.222. The summed E-state index contributed by atoms with van der Waals surface area (Å²) in [6.07, 6.45) is 0. The Kier molecular flexibility index (Phi) is 4.87. The number of esters is 1. The number of rotatable bonds is 5. The van der Waals surface area contributed by atoms with Crippen LogP contribution in [0.15, 0.2) is 27.4 Å². The van der Waals surface area contributed by atoms with Gasteiger partial charge >= 0.3 is 5.97 Å². The normalized spacial score (nSPS) is 11.2. The minimum absolute atomic E-state index is 0.0544. The van der Waals surface area contributed by atoms with Gasteiger partial charge in [-0.25, -0.2) is 17.9 Å². The maximum absolute atomic E-state index is 11.9. The van der Waals surface area contributed by atoms with Crippen LogP contribution in [0.4, 0.5) is 0 Å². The van der Waals surface area contributed by atoms with E-state index in [0.717, 1.165) is 11.3 Å². The summed E-state index contributed by atoms with van der Waals surface area (Å²) in [5.74, 6) is -0.668. The summed E-state index contributed by atoms with van der Waals surface area (Å²) in [4.78, 5) is 11.3. The molecule has 1 aromatic heterocycles. The maximum Gasteiger partial charge on any atom is 0.349 e. The quantitative estimate of drug-likeness (QED) is 0.829. The number of thiophene rings is 1. The van der Waals surface area contributed by atoms with Crippen LogP contribution < -0.4 is 4.72 Å². The molecular weight excluding hydrogens is 330 g/mol. The molecule has 0 bridgehead atoms. The number of carbonyl (C=O) groups is 1. The summed E-state index contributed by atoms with van der Waals surface area (Å²) < 4.78 is 31.0. The number of hydrogen-bond donors (Lipinski definition) is 1. The van der Waals surface area contributed by atoms with Crippen LogP contribution in [0, 0.1) is 0 Å². The predicted octanol–water partition coefficient (Wildman–Crippen LogP) is 1.72. The van der Waals surface area contributed by atoms with Gasteiger partial charge in [0.15, 0.2) is 0 Å². The molecule has 0 aliphatic heterocycles. The lowest BCUT2D eigenvalue weighted by molar-refractivity contribution is 0.0602. The van der Waals surface area contributed by atoms with Gasteiger partial charge in [0.25, 0.3) is 0 Å². The Bertz CT molecular complexity index is 535. The van der Waals surface area contributed by atoms with Crippen LogP contribution in [0.2, 0.25) is 0 Å². The zero-order valence-electron chi connectivity index (χ0n) is 8.90. The molecule has 0 saturated carbocycles. The Morgan fingerprint density at radius 3 is 2.82 bits per heavy atom. The minimum Gasteiger partial charge on any atom is -0.465 e. The van der Waals surface area contributed by atoms with E-state index in [4.69, 9.17) is 0 Å². The minimum atomic E-state index is -3.73. The van der Waals surface area contributed by atoms with Crippen molar-refractivity contribution in [2.75, 3.05) is 13.7 Å². The van der Waals surface area contributed by atoms with Crippen molar-refractivity contribution in [3.05, 3.63) is 27.4 Å². The van der Waals surface area contributed by atoms with Gasteiger partial charge in [0.2, 0.25) is 10.0 Å². The molecule has 1 rings (SSSR count).